The highest BCUT2D eigenvalue weighted by Gasteiger charge is 2.30. The summed E-state index contributed by atoms with van der Waals surface area (Å²) >= 11 is 0. The van der Waals surface area contributed by atoms with Crippen LogP contribution in [0.1, 0.15) is 21.5 Å². The predicted molar refractivity (Wildman–Crippen MR) is 105 cm³/mol. The van der Waals surface area contributed by atoms with Crippen molar-refractivity contribution < 1.29 is 27.4 Å². The maximum absolute atomic E-state index is 12.6. The second-order valence-corrected chi connectivity index (χ2v) is 6.37. The summed E-state index contributed by atoms with van der Waals surface area (Å²) in [6.45, 7) is 1.37. The number of guanidine groups is 1. The van der Waals surface area contributed by atoms with Crippen LogP contribution in [-0.4, -0.2) is 38.8 Å². The Balaban J connectivity index is 1.40. The Morgan fingerprint density at radius 1 is 1.00 bits per heavy atom. The van der Waals surface area contributed by atoms with Crippen molar-refractivity contribution in [3.63, 3.8) is 0 Å². The van der Waals surface area contributed by atoms with Gasteiger partial charge in [0.2, 0.25) is 6.79 Å². The molecule has 0 saturated carbocycles. The maximum Gasteiger partial charge on any atom is 0.416 e. The molecule has 0 unspecified atom stereocenters. The number of carbonyl (C=O) groups is 1. The van der Waals surface area contributed by atoms with Crippen LogP contribution in [0.5, 0.6) is 11.5 Å². The Hall–Kier alpha value is -3.43. The van der Waals surface area contributed by atoms with Crippen LogP contribution in [-0.2, 0) is 12.7 Å². The second kappa shape index (κ2) is 9.38. The molecule has 10 heteroatoms. The van der Waals surface area contributed by atoms with E-state index in [1.165, 1.54) is 0 Å². The van der Waals surface area contributed by atoms with E-state index in [9.17, 15) is 18.0 Å². The standard InChI is InChI=1S/C20H21F3N4O3/c1-24-19(27-11-13-2-7-16-17(10-13)30-12-29-16)26-9-8-25-18(28)14-3-5-15(6-4-14)20(21,22)23/h2-7,10H,8-9,11-12H2,1H3,(H,25,28)(H2,24,26,27). The average Bonchev–Trinajstić information content (AvgIpc) is 3.20. The summed E-state index contributed by atoms with van der Waals surface area (Å²) in [5, 5.41) is 8.83. The van der Waals surface area contributed by atoms with E-state index in [2.05, 4.69) is 20.9 Å². The number of hydrogen-bond donors (Lipinski definition) is 3. The Morgan fingerprint density at radius 2 is 1.70 bits per heavy atom. The molecule has 0 radical (unpaired) electrons. The highest BCUT2D eigenvalue weighted by Crippen LogP contribution is 2.32. The number of halogens is 3. The molecule has 1 heterocycles. The van der Waals surface area contributed by atoms with Crippen molar-refractivity contribution >= 4 is 11.9 Å². The molecule has 7 nitrogen and oxygen atoms in total. The monoisotopic (exact) mass is 422 g/mol. The van der Waals surface area contributed by atoms with Crippen molar-refractivity contribution in [2.75, 3.05) is 26.9 Å². The van der Waals surface area contributed by atoms with Gasteiger partial charge in [-0.3, -0.25) is 9.79 Å². The molecule has 3 N–H and O–H groups in total. The third kappa shape index (κ3) is 5.56. The largest absolute Gasteiger partial charge is 0.454 e. The lowest BCUT2D eigenvalue weighted by Gasteiger charge is -2.13. The summed E-state index contributed by atoms with van der Waals surface area (Å²) in [5.41, 5.74) is 0.351. The number of carbonyl (C=O) groups excluding carboxylic acids is 1. The molecular formula is C20H21F3N4O3. The summed E-state index contributed by atoms with van der Waals surface area (Å²) in [6, 6.07) is 9.70. The van der Waals surface area contributed by atoms with Gasteiger partial charge in [0.15, 0.2) is 17.5 Å². The molecule has 160 valence electrons. The number of benzene rings is 2. The molecule has 0 spiro atoms. The van der Waals surface area contributed by atoms with Gasteiger partial charge in [-0.15, -0.1) is 0 Å². The van der Waals surface area contributed by atoms with Crippen LogP contribution in [0.25, 0.3) is 0 Å². The van der Waals surface area contributed by atoms with Crippen molar-refractivity contribution in [3.8, 4) is 11.5 Å². The minimum Gasteiger partial charge on any atom is -0.454 e. The third-order valence-electron chi connectivity index (χ3n) is 4.30. The molecule has 1 aliphatic heterocycles. The Kier molecular flexibility index (Phi) is 6.65. The number of fused-ring (bicyclic) bond motifs is 1. The summed E-state index contributed by atoms with van der Waals surface area (Å²) in [5.74, 6) is 1.50. The van der Waals surface area contributed by atoms with Crippen LogP contribution in [0.15, 0.2) is 47.5 Å². The van der Waals surface area contributed by atoms with E-state index in [0.29, 0.717) is 30.5 Å². The zero-order chi connectivity index (χ0) is 21.6. The van der Waals surface area contributed by atoms with Gasteiger partial charge in [-0.2, -0.15) is 13.2 Å². The number of nitrogens with one attached hydrogen (secondary N) is 3. The molecule has 0 atom stereocenters. The Labute approximate surface area is 171 Å². The second-order valence-electron chi connectivity index (χ2n) is 6.37. The zero-order valence-electron chi connectivity index (χ0n) is 16.2. The Bertz CT molecular complexity index is 915. The van der Waals surface area contributed by atoms with E-state index in [1.807, 2.05) is 18.2 Å². The van der Waals surface area contributed by atoms with Gasteiger partial charge >= 0.3 is 6.18 Å². The van der Waals surface area contributed by atoms with Crippen molar-refractivity contribution in [1.82, 2.24) is 16.0 Å². The van der Waals surface area contributed by atoms with E-state index in [0.717, 1.165) is 29.8 Å². The third-order valence-corrected chi connectivity index (χ3v) is 4.30. The van der Waals surface area contributed by atoms with Crippen molar-refractivity contribution in [2.45, 2.75) is 12.7 Å². The van der Waals surface area contributed by atoms with Gasteiger partial charge in [0.1, 0.15) is 0 Å². The summed E-state index contributed by atoms with van der Waals surface area (Å²) in [7, 11) is 1.62. The fraction of sp³-hybridized carbons (Fsp3) is 0.300. The molecule has 2 aromatic carbocycles. The van der Waals surface area contributed by atoms with E-state index in [-0.39, 0.29) is 18.9 Å². The van der Waals surface area contributed by atoms with E-state index in [4.69, 9.17) is 9.47 Å². The SMILES string of the molecule is CN=C(NCCNC(=O)c1ccc(C(F)(F)F)cc1)NCc1ccc2c(c1)OCO2. The first-order valence-corrected chi connectivity index (χ1v) is 9.15. The van der Waals surface area contributed by atoms with Gasteiger partial charge in [0.05, 0.1) is 5.56 Å². The molecule has 0 saturated heterocycles. The van der Waals surface area contributed by atoms with Crippen LogP contribution in [0, 0.1) is 0 Å². The number of nitrogens with zero attached hydrogens (tertiary/aromatic N) is 1. The maximum atomic E-state index is 12.6. The lowest BCUT2D eigenvalue weighted by atomic mass is 10.1. The number of hydrogen-bond acceptors (Lipinski definition) is 4. The summed E-state index contributed by atoms with van der Waals surface area (Å²) < 4.78 is 48.3. The molecular weight excluding hydrogens is 401 g/mol. The topological polar surface area (TPSA) is 84.0 Å². The molecule has 0 bridgehead atoms. The predicted octanol–water partition coefficient (Wildman–Crippen LogP) is 2.53. The van der Waals surface area contributed by atoms with Crippen LogP contribution in [0.2, 0.25) is 0 Å². The smallest absolute Gasteiger partial charge is 0.416 e. The molecule has 0 aliphatic carbocycles. The number of rotatable bonds is 6. The quantitative estimate of drug-likeness (QED) is 0.379. The minimum atomic E-state index is -4.43. The number of aliphatic imine (C=N–C) groups is 1. The lowest BCUT2D eigenvalue weighted by molar-refractivity contribution is -0.137. The average molecular weight is 422 g/mol. The first kappa shape index (κ1) is 21.3. The highest BCUT2D eigenvalue weighted by molar-refractivity contribution is 5.94. The van der Waals surface area contributed by atoms with Crippen molar-refractivity contribution in [1.29, 1.82) is 0 Å². The van der Waals surface area contributed by atoms with Gasteiger partial charge in [-0.25, -0.2) is 0 Å². The first-order valence-electron chi connectivity index (χ1n) is 9.15. The van der Waals surface area contributed by atoms with Crippen molar-refractivity contribution in [2.24, 2.45) is 4.99 Å². The van der Waals surface area contributed by atoms with E-state index in [1.54, 1.807) is 7.05 Å². The summed E-state index contributed by atoms with van der Waals surface area (Å²) in [4.78, 5) is 16.1. The molecule has 1 amide bonds. The van der Waals surface area contributed by atoms with Crippen LogP contribution in [0.4, 0.5) is 13.2 Å². The van der Waals surface area contributed by atoms with Crippen LogP contribution in [0.3, 0.4) is 0 Å². The molecule has 3 rings (SSSR count). The van der Waals surface area contributed by atoms with E-state index < -0.39 is 17.6 Å². The fourth-order valence-electron chi connectivity index (χ4n) is 2.73. The minimum absolute atomic E-state index is 0.160. The first-order chi connectivity index (χ1) is 14.4. The summed E-state index contributed by atoms with van der Waals surface area (Å²) in [6.07, 6.45) is -4.43. The molecule has 1 aliphatic rings. The number of amides is 1. The number of alkyl halides is 3. The molecule has 0 fully saturated rings. The van der Waals surface area contributed by atoms with Crippen LogP contribution >= 0.6 is 0 Å². The van der Waals surface area contributed by atoms with Crippen molar-refractivity contribution in [3.05, 3.63) is 59.2 Å². The lowest BCUT2D eigenvalue weighted by Crippen LogP contribution is -2.41. The number of ether oxygens (including phenoxy) is 2. The molecule has 30 heavy (non-hydrogen) atoms. The fourth-order valence-corrected chi connectivity index (χ4v) is 2.73. The van der Waals surface area contributed by atoms with Gasteiger partial charge in [0, 0.05) is 32.2 Å². The highest BCUT2D eigenvalue weighted by atomic mass is 19.4. The normalized spacial score (nSPS) is 13.1. The van der Waals surface area contributed by atoms with Gasteiger partial charge in [-0.05, 0) is 42.0 Å². The zero-order valence-corrected chi connectivity index (χ0v) is 16.2. The molecule has 0 aromatic heterocycles. The van der Waals surface area contributed by atoms with E-state index >= 15 is 0 Å². The van der Waals surface area contributed by atoms with Gasteiger partial charge in [0.25, 0.3) is 5.91 Å². The molecule has 2 aromatic rings. The van der Waals surface area contributed by atoms with Gasteiger partial charge < -0.3 is 25.4 Å². The van der Waals surface area contributed by atoms with Crippen LogP contribution < -0.4 is 25.4 Å². The Morgan fingerprint density at radius 3 is 2.40 bits per heavy atom. The van der Waals surface area contributed by atoms with Gasteiger partial charge in [-0.1, -0.05) is 6.07 Å².